The van der Waals surface area contributed by atoms with E-state index in [9.17, 15) is 4.79 Å². The number of pyridine rings is 1. The van der Waals surface area contributed by atoms with Crippen LogP contribution in [0.5, 0.6) is 0 Å². The summed E-state index contributed by atoms with van der Waals surface area (Å²) in [6, 6.07) is 1.62. The van der Waals surface area contributed by atoms with Crippen molar-refractivity contribution >= 4 is 46.5 Å². The van der Waals surface area contributed by atoms with Gasteiger partial charge in [-0.25, -0.2) is 4.98 Å². The van der Waals surface area contributed by atoms with Crippen LogP contribution in [-0.2, 0) is 4.79 Å². The van der Waals surface area contributed by atoms with Crippen LogP contribution in [-0.4, -0.2) is 30.5 Å². The molecule has 0 bridgehead atoms. The molecule has 1 aromatic heterocycles. The van der Waals surface area contributed by atoms with Gasteiger partial charge in [0.15, 0.2) is 0 Å². The molecule has 0 unspecified atom stereocenters. The van der Waals surface area contributed by atoms with E-state index in [1.165, 1.54) is 6.92 Å². The first-order chi connectivity index (χ1) is 9.47. The van der Waals surface area contributed by atoms with Gasteiger partial charge < -0.3 is 10.2 Å². The summed E-state index contributed by atoms with van der Waals surface area (Å²) in [5, 5.41) is 4.01. The van der Waals surface area contributed by atoms with Crippen LogP contribution in [0.15, 0.2) is 6.07 Å². The SMILES string of the molecule is CC(=O)NCC1CCN(c2nc(Cl)c(Cl)cc2Cl)CC1. The third kappa shape index (κ3) is 3.90. The second kappa shape index (κ2) is 6.83. The molecule has 1 aromatic rings. The second-order valence-corrected chi connectivity index (χ2v) is 6.11. The number of anilines is 1. The molecule has 0 atom stereocenters. The van der Waals surface area contributed by atoms with E-state index >= 15 is 0 Å². The van der Waals surface area contributed by atoms with Crippen LogP contribution in [0.4, 0.5) is 5.82 Å². The number of rotatable bonds is 3. The fourth-order valence-corrected chi connectivity index (χ4v) is 2.91. The molecule has 0 aromatic carbocycles. The van der Waals surface area contributed by atoms with E-state index in [4.69, 9.17) is 34.8 Å². The fraction of sp³-hybridized carbons (Fsp3) is 0.538. The average molecular weight is 337 g/mol. The molecule has 1 N–H and O–H groups in total. The number of piperidine rings is 1. The number of amides is 1. The van der Waals surface area contributed by atoms with E-state index in [0.29, 0.717) is 21.8 Å². The first-order valence-electron chi connectivity index (χ1n) is 6.48. The Bertz CT molecular complexity index is 502. The molecule has 2 heterocycles. The quantitative estimate of drug-likeness (QED) is 0.861. The van der Waals surface area contributed by atoms with Crippen molar-refractivity contribution in [3.63, 3.8) is 0 Å². The van der Waals surface area contributed by atoms with Crippen LogP contribution in [0.3, 0.4) is 0 Å². The van der Waals surface area contributed by atoms with Crippen LogP contribution >= 0.6 is 34.8 Å². The number of nitrogens with one attached hydrogen (secondary N) is 1. The maximum atomic E-state index is 10.9. The summed E-state index contributed by atoms with van der Waals surface area (Å²) in [4.78, 5) is 17.3. The van der Waals surface area contributed by atoms with Gasteiger partial charge in [0.2, 0.25) is 5.91 Å². The Kier molecular flexibility index (Phi) is 5.35. The summed E-state index contributed by atoms with van der Waals surface area (Å²) < 4.78 is 0. The Morgan fingerprint density at radius 3 is 2.60 bits per heavy atom. The van der Waals surface area contributed by atoms with Gasteiger partial charge in [0.05, 0.1) is 10.0 Å². The Morgan fingerprint density at radius 1 is 1.35 bits per heavy atom. The first-order valence-corrected chi connectivity index (χ1v) is 7.61. The number of aromatic nitrogens is 1. The average Bonchev–Trinajstić information content (AvgIpc) is 2.41. The fourth-order valence-electron chi connectivity index (χ4n) is 2.29. The summed E-state index contributed by atoms with van der Waals surface area (Å²) in [7, 11) is 0. The van der Waals surface area contributed by atoms with Gasteiger partial charge in [0.25, 0.3) is 0 Å². The van der Waals surface area contributed by atoms with E-state index in [1.54, 1.807) is 6.07 Å². The smallest absolute Gasteiger partial charge is 0.216 e. The Hall–Kier alpha value is -0.710. The molecule has 0 saturated carbocycles. The third-order valence-electron chi connectivity index (χ3n) is 3.42. The van der Waals surface area contributed by atoms with Gasteiger partial charge in [-0.3, -0.25) is 4.79 Å². The van der Waals surface area contributed by atoms with Crippen molar-refractivity contribution in [3.05, 3.63) is 21.3 Å². The molecule has 4 nitrogen and oxygen atoms in total. The zero-order valence-corrected chi connectivity index (χ0v) is 13.4. The zero-order valence-electron chi connectivity index (χ0n) is 11.1. The van der Waals surface area contributed by atoms with Gasteiger partial charge in [-0.15, -0.1) is 0 Å². The molecule has 1 saturated heterocycles. The molecular weight excluding hydrogens is 321 g/mol. The number of hydrogen-bond acceptors (Lipinski definition) is 3. The molecular formula is C13H16Cl3N3O. The van der Waals surface area contributed by atoms with Crippen molar-refractivity contribution in [2.45, 2.75) is 19.8 Å². The van der Waals surface area contributed by atoms with Crippen LogP contribution in [0.2, 0.25) is 15.2 Å². The van der Waals surface area contributed by atoms with Crippen molar-refractivity contribution in [2.24, 2.45) is 5.92 Å². The summed E-state index contributed by atoms with van der Waals surface area (Å²) in [6.45, 7) is 3.95. The highest BCUT2D eigenvalue weighted by atomic mass is 35.5. The van der Waals surface area contributed by atoms with Gasteiger partial charge in [0.1, 0.15) is 11.0 Å². The molecule has 1 aliphatic rings. The summed E-state index contributed by atoms with van der Waals surface area (Å²) in [6.07, 6.45) is 1.97. The first kappa shape index (κ1) is 15.7. The molecule has 1 fully saturated rings. The number of nitrogens with zero attached hydrogens (tertiary/aromatic N) is 2. The molecule has 0 aliphatic carbocycles. The molecule has 1 amide bonds. The maximum absolute atomic E-state index is 10.9. The predicted octanol–water partition coefficient (Wildman–Crippen LogP) is 3.39. The second-order valence-electron chi connectivity index (χ2n) is 4.93. The Morgan fingerprint density at radius 2 is 2.00 bits per heavy atom. The van der Waals surface area contributed by atoms with Crippen LogP contribution < -0.4 is 10.2 Å². The number of hydrogen-bond donors (Lipinski definition) is 1. The van der Waals surface area contributed by atoms with E-state index < -0.39 is 0 Å². The highest BCUT2D eigenvalue weighted by molar-refractivity contribution is 6.42. The highest BCUT2D eigenvalue weighted by Crippen LogP contribution is 2.33. The lowest BCUT2D eigenvalue weighted by atomic mass is 9.97. The van der Waals surface area contributed by atoms with Crippen LogP contribution in [0.1, 0.15) is 19.8 Å². The minimum Gasteiger partial charge on any atom is -0.356 e. The maximum Gasteiger partial charge on any atom is 0.216 e. The lowest BCUT2D eigenvalue weighted by Gasteiger charge is -2.33. The largest absolute Gasteiger partial charge is 0.356 e. The third-order valence-corrected chi connectivity index (χ3v) is 4.37. The van der Waals surface area contributed by atoms with Gasteiger partial charge in [-0.1, -0.05) is 34.8 Å². The molecule has 1 aliphatic heterocycles. The van der Waals surface area contributed by atoms with E-state index in [0.717, 1.165) is 32.5 Å². The molecule has 20 heavy (non-hydrogen) atoms. The van der Waals surface area contributed by atoms with Crippen LogP contribution in [0.25, 0.3) is 0 Å². The topological polar surface area (TPSA) is 45.2 Å². The zero-order chi connectivity index (χ0) is 14.7. The number of halogens is 3. The van der Waals surface area contributed by atoms with Crippen molar-refractivity contribution in [1.82, 2.24) is 10.3 Å². The van der Waals surface area contributed by atoms with E-state index in [2.05, 4.69) is 15.2 Å². The van der Waals surface area contributed by atoms with E-state index in [1.807, 2.05) is 0 Å². The van der Waals surface area contributed by atoms with Crippen molar-refractivity contribution in [2.75, 3.05) is 24.5 Å². The molecule has 7 heteroatoms. The molecule has 0 spiro atoms. The lowest BCUT2D eigenvalue weighted by Crippen LogP contribution is -2.38. The molecule has 110 valence electrons. The van der Waals surface area contributed by atoms with E-state index in [-0.39, 0.29) is 11.1 Å². The minimum absolute atomic E-state index is 0.0154. The normalized spacial score (nSPS) is 16.3. The predicted molar refractivity (Wildman–Crippen MR) is 82.9 cm³/mol. The van der Waals surface area contributed by atoms with Crippen molar-refractivity contribution in [3.8, 4) is 0 Å². The Balaban J connectivity index is 1.97. The summed E-state index contributed by atoms with van der Waals surface area (Å²) in [5.41, 5.74) is 0. The minimum atomic E-state index is 0.0154. The van der Waals surface area contributed by atoms with Gasteiger partial charge in [0, 0.05) is 26.6 Å². The Labute approximate surface area is 133 Å². The van der Waals surface area contributed by atoms with Crippen LogP contribution in [0, 0.1) is 5.92 Å². The van der Waals surface area contributed by atoms with Gasteiger partial charge >= 0.3 is 0 Å². The molecule has 0 radical (unpaired) electrons. The number of carbonyl (C=O) groups excluding carboxylic acids is 1. The lowest BCUT2D eigenvalue weighted by molar-refractivity contribution is -0.119. The summed E-state index contributed by atoms with van der Waals surface area (Å²) in [5.74, 6) is 1.19. The van der Waals surface area contributed by atoms with Gasteiger partial charge in [-0.2, -0.15) is 0 Å². The number of carbonyl (C=O) groups is 1. The van der Waals surface area contributed by atoms with Crippen molar-refractivity contribution in [1.29, 1.82) is 0 Å². The standard InChI is InChI=1S/C13H16Cl3N3O/c1-8(20)17-7-9-2-4-19(5-3-9)13-11(15)6-10(14)12(16)18-13/h6,9H,2-5,7H2,1H3,(H,17,20). The summed E-state index contributed by atoms with van der Waals surface area (Å²) >= 11 is 18.0. The van der Waals surface area contributed by atoms with Crippen molar-refractivity contribution < 1.29 is 4.79 Å². The highest BCUT2D eigenvalue weighted by Gasteiger charge is 2.22. The monoisotopic (exact) mass is 335 g/mol. The molecule has 2 rings (SSSR count). The van der Waals surface area contributed by atoms with Gasteiger partial charge in [-0.05, 0) is 24.8 Å².